The third kappa shape index (κ3) is 3.53. The number of carbonyl (C=O) groups excluding carboxylic acids is 1. The lowest BCUT2D eigenvalue weighted by Crippen LogP contribution is -2.45. The number of hydrogen-bond donors (Lipinski definition) is 1. The molecule has 3 saturated heterocycles. The highest BCUT2D eigenvalue weighted by Crippen LogP contribution is 2.22. The second kappa shape index (κ2) is 6.90. The summed E-state index contributed by atoms with van der Waals surface area (Å²) in [5.74, 6) is 0.393. The molecule has 0 aromatic heterocycles. The SMILES string of the molecule is O=C(CC1CCCN1)N1CCCC1CN1CCCCC1. The van der Waals surface area contributed by atoms with Gasteiger partial charge in [-0.05, 0) is 58.2 Å². The summed E-state index contributed by atoms with van der Waals surface area (Å²) in [6, 6.07) is 0.931. The Bertz CT molecular complexity index is 322. The largest absolute Gasteiger partial charge is 0.338 e. The summed E-state index contributed by atoms with van der Waals surface area (Å²) < 4.78 is 0. The molecule has 0 bridgehead atoms. The molecule has 3 heterocycles. The van der Waals surface area contributed by atoms with Crippen molar-refractivity contribution >= 4 is 5.91 Å². The maximum Gasteiger partial charge on any atom is 0.224 e. The molecule has 0 aromatic rings. The van der Waals surface area contributed by atoms with Gasteiger partial charge in [-0.1, -0.05) is 6.42 Å². The Morgan fingerprint density at radius 1 is 1.00 bits per heavy atom. The highest BCUT2D eigenvalue weighted by Gasteiger charge is 2.31. The molecular formula is C16H29N3O. The van der Waals surface area contributed by atoms with E-state index in [1.807, 2.05) is 0 Å². The molecule has 3 aliphatic rings. The first kappa shape index (κ1) is 14.3. The first-order valence-corrected chi connectivity index (χ1v) is 8.58. The molecule has 2 atom stereocenters. The molecule has 0 aliphatic carbocycles. The zero-order chi connectivity index (χ0) is 13.8. The lowest BCUT2D eigenvalue weighted by atomic mass is 10.1. The van der Waals surface area contributed by atoms with Crippen molar-refractivity contribution in [3.8, 4) is 0 Å². The molecule has 1 amide bonds. The predicted octanol–water partition coefficient (Wildman–Crippen LogP) is 1.61. The minimum absolute atomic E-state index is 0.393. The molecule has 4 heteroatoms. The Morgan fingerprint density at radius 3 is 2.60 bits per heavy atom. The van der Waals surface area contributed by atoms with Crippen molar-refractivity contribution in [2.24, 2.45) is 0 Å². The summed E-state index contributed by atoms with van der Waals surface area (Å²) in [7, 11) is 0. The predicted molar refractivity (Wildman–Crippen MR) is 80.7 cm³/mol. The third-order valence-electron chi connectivity index (χ3n) is 5.20. The van der Waals surface area contributed by atoms with Gasteiger partial charge in [-0.15, -0.1) is 0 Å². The van der Waals surface area contributed by atoms with Crippen molar-refractivity contribution in [1.29, 1.82) is 0 Å². The van der Waals surface area contributed by atoms with Crippen LogP contribution in [0.4, 0.5) is 0 Å². The molecule has 3 fully saturated rings. The Kier molecular flexibility index (Phi) is 4.94. The Labute approximate surface area is 122 Å². The first-order valence-electron chi connectivity index (χ1n) is 8.58. The van der Waals surface area contributed by atoms with Crippen LogP contribution in [-0.4, -0.2) is 60.5 Å². The average Bonchev–Trinajstić information content (AvgIpc) is 3.11. The van der Waals surface area contributed by atoms with Crippen molar-refractivity contribution in [2.45, 2.75) is 63.5 Å². The van der Waals surface area contributed by atoms with Crippen LogP contribution in [0.25, 0.3) is 0 Å². The molecule has 20 heavy (non-hydrogen) atoms. The summed E-state index contributed by atoms with van der Waals surface area (Å²) in [5.41, 5.74) is 0. The van der Waals surface area contributed by atoms with E-state index in [0.29, 0.717) is 18.0 Å². The minimum Gasteiger partial charge on any atom is -0.338 e. The van der Waals surface area contributed by atoms with Crippen LogP contribution in [0.1, 0.15) is 51.4 Å². The van der Waals surface area contributed by atoms with Crippen LogP contribution in [0.5, 0.6) is 0 Å². The summed E-state index contributed by atoms with van der Waals surface area (Å²) in [6.07, 6.45) is 9.60. The van der Waals surface area contributed by atoms with E-state index in [9.17, 15) is 4.79 Å². The topological polar surface area (TPSA) is 35.6 Å². The lowest BCUT2D eigenvalue weighted by Gasteiger charge is -2.33. The maximum atomic E-state index is 12.5. The van der Waals surface area contributed by atoms with E-state index in [1.165, 1.54) is 58.0 Å². The van der Waals surface area contributed by atoms with Gasteiger partial charge in [0.15, 0.2) is 0 Å². The van der Waals surface area contributed by atoms with Gasteiger partial charge in [-0.25, -0.2) is 0 Å². The van der Waals surface area contributed by atoms with Crippen LogP contribution in [0.3, 0.4) is 0 Å². The monoisotopic (exact) mass is 279 g/mol. The number of nitrogens with one attached hydrogen (secondary N) is 1. The zero-order valence-electron chi connectivity index (χ0n) is 12.6. The van der Waals surface area contributed by atoms with Crippen LogP contribution in [0.2, 0.25) is 0 Å². The van der Waals surface area contributed by atoms with E-state index in [-0.39, 0.29) is 0 Å². The van der Waals surface area contributed by atoms with Gasteiger partial charge in [-0.3, -0.25) is 4.79 Å². The number of carbonyl (C=O) groups is 1. The standard InChI is InChI=1S/C16H29N3O/c20-16(12-14-6-4-8-17-14)19-11-5-7-15(19)13-18-9-2-1-3-10-18/h14-15,17H,1-13H2. The number of likely N-dealkylation sites (tertiary alicyclic amines) is 2. The Hall–Kier alpha value is -0.610. The quantitative estimate of drug-likeness (QED) is 0.849. The molecule has 0 spiro atoms. The van der Waals surface area contributed by atoms with E-state index >= 15 is 0 Å². The number of piperidine rings is 1. The van der Waals surface area contributed by atoms with Gasteiger partial charge in [0.05, 0.1) is 0 Å². The van der Waals surface area contributed by atoms with Crippen molar-refractivity contribution in [1.82, 2.24) is 15.1 Å². The second-order valence-corrected chi connectivity index (χ2v) is 6.74. The van der Waals surface area contributed by atoms with E-state index < -0.39 is 0 Å². The number of amides is 1. The molecule has 3 aliphatic heterocycles. The van der Waals surface area contributed by atoms with Crippen LogP contribution < -0.4 is 5.32 Å². The van der Waals surface area contributed by atoms with Crippen molar-refractivity contribution in [3.63, 3.8) is 0 Å². The third-order valence-corrected chi connectivity index (χ3v) is 5.20. The summed E-state index contributed by atoms with van der Waals surface area (Å²) in [6.45, 7) is 5.68. The molecular weight excluding hydrogens is 250 g/mol. The van der Waals surface area contributed by atoms with E-state index in [0.717, 1.165) is 26.1 Å². The highest BCUT2D eigenvalue weighted by molar-refractivity contribution is 5.77. The minimum atomic E-state index is 0.393. The normalized spacial score (nSPS) is 31.9. The van der Waals surface area contributed by atoms with Crippen molar-refractivity contribution < 1.29 is 4.79 Å². The first-order chi connectivity index (χ1) is 9.83. The molecule has 0 radical (unpaired) electrons. The number of hydrogen-bond acceptors (Lipinski definition) is 3. The lowest BCUT2D eigenvalue weighted by molar-refractivity contribution is -0.132. The van der Waals surface area contributed by atoms with Crippen LogP contribution >= 0.6 is 0 Å². The van der Waals surface area contributed by atoms with Crippen LogP contribution in [-0.2, 0) is 4.79 Å². The fourth-order valence-corrected chi connectivity index (χ4v) is 4.05. The molecule has 0 aromatic carbocycles. The van der Waals surface area contributed by atoms with Gasteiger partial charge in [0, 0.05) is 31.6 Å². The van der Waals surface area contributed by atoms with Crippen molar-refractivity contribution in [3.05, 3.63) is 0 Å². The number of rotatable bonds is 4. The van der Waals surface area contributed by atoms with E-state index in [4.69, 9.17) is 0 Å². The second-order valence-electron chi connectivity index (χ2n) is 6.74. The van der Waals surface area contributed by atoms with Crippen molar-refractivity contribution in [2.75, 3.05) is 32.7 Å². The van der Waals surface area contributed by atoms with Crippen LogP contribution in [0.15, 0.2) is 0 Å². The smallest absolute Gasteiger partial charge is 0.224 e. The Morgan fingerprint density at radius 2 is 1.85 bits per heavy atom. The molecule has 3 rings (SSSR count). The van der Waals surface area contributed by atoms with E-state index in [1.54, 1.807) is 0 Å². The Balaban J connectivity index is 1.50. The highest BCUT2D eigenvalue weighted by atomic mass is 16.2. The summed E-state index contributed by atoms with van der Waals surface area (Å²) >= 11 is 0. The van der Waals surface area contributed by atoms with Gasteiger partial charge in [-0.2, -0.15) is 0 Å². The fourth-order valence-electron chi connectivity index (χ4n) is 4.05. The zero-order valence-corrected chi connectivity index (χ0v) is 12.6. The number of nitrogens with zero attached hydrogens (tertiary/aromatic N) is 2. The summed E-state index contributed by atoms with van der Waals surface area (Å²) in [5, 5.41) is 3.45. The van der Waals surface area contributed by atoms with Gasteiger partial charge in [0.25, 0.3) is 0 Å². The van der Waals surface area contributed by atoms with Gasteiger partial charge in [0.2, 0.25) is 5.91 Å². The molecule has 0 saturated carbocycles. The fraction of sp³-hybridized carbons (Fsp3) is 0.938. The maximum absolute atomic E-state index is 12.5. The molecule has 114 valence electrons. The molecule has 2 unspecified atom stereocenters. The summed E-state index contributed by atoms with van der Waals surface area (Å²) in [4.78, 5) is 17.3. The van der Waals surface area contributed by atoms with Crippen LogP contribution in [0, 0.1) is 0 Å². The average molecular weight is 279 g/mol. The molecule has 1 N–H and O–H groups in total. The molecule has 4 nitrogen and oxygen atoms in total. The van der Waals surface area contributed by atoms with Gasteiger partial charge < -0.3 is 15.1 Å². The van der Waals surface area contributed by atoms with Gasteiger partial charge >= 0.3 is 0 Å². The van der Waals surface area contributed by atoms with E-state index in [2.05, 4.69) is 15.1 Å². The van der Waals surface area contributed by atoms with Gasteiger partial charge in [0.1, 0.15) is 0 Å².